The fraction of sp³-hybridized carbons (Fsp3) is 0.929. The highest BCUT2D eigenvalue weighted by Crippen LogP contribution is 2.24. The van der Waals surface area contributed by atoms with Crippen LogP contribution in [0.4, 0.5) is 0 Å². The molecule has 18 heavy (non-hydrogen) atoms. The number of nitrogens with zero attached hydrogens (tertiary/aromatic N) is 1. The maximum absolute atomic E-state index is 11.0. The van der Waals surface area contributed by atoms with E-state index in [1.165, 1.54) is 32.4 Å². The lowest BCUT2D eigenvalue weighted by molar-refractivity contribution is -0.143. The van der Waals surface area contributed by atoms with Gasteiger partial charge in [-0.1, -0.05) is 12.8 Å². The second-order valence-electron chi connectivity index (χ2n) is 5.76. The standard InChI is InChI=1S/C14H26N2O2/c17-14(18)12-5-4-6-13(11-12)15-7-10-16-8-2-1-3-9-16/h12-13,15H,1-11H2,(H,17,18). The minimum absolute atomic E-state index is 0.119. The Labute approximate surface area is 110 Å². The average Bonchev–Trinajstić information content (AvgIpc) is 2.40. The van der Waals surface area contributed by atoms with Crippen LogP contribution in [0.5, 0.6) is 0 Å². The topological polar surface area (TPSA) is 52.6 Å². The Balaban J connectivity index is 1.62. The first-order valence-electron chi connectivity index (χ1n) is 7.44. The van der Waals surface area contributed by atoms with E-state index >= 15 is 0 Å². The summed E-state index contributed by atoms with van der Waals surface area (Å²) < 4.78 is 0. The molecule has 2 N–H and O–H groups in total. The van der Waals surface area contributed by atoms with E-state index in [4.69, 9.17) is 5.11 Å². The summed E-state index contributed by atoms with van der Waals surface area (Å²) in [7, 11) is 0. The smallest absolute Gasteiger partial charge is 0.306 e. The number of carboxylic acid groups (broad SMARTS) is 1. The van der Waals surface area contributed by atoms with E-state index in [-0.39, 0.29) is 5.92 Å². The molecule has 0 bridgehead atoms. The van der Waals surface area contributed by atoms with E-state index in [0.717, 1.165) is 38.8 Å². The number of hydrogen-bond donors (Lipinski definition) is 2. The predicted molar refractivity (Wildman–Crippen MR) is 71.7 cm³/mol. The third kappa shape index (κ3) is 4.25. The number of likely N-dealkylation sites (tertiary alicyclic amines) is 1. The molecule has 4 nitrogen and oxygen atoms in total. The molecule has 1 saturated carbocycles. The van der Waals surface area contributed by atoms with Gasteiger partial charge in [-0.3, -0.25) is 4.79 Å². The van der Waals surface area contributed by atoms with Crippen LogP contribution in [0, 0.1) is 5.92 Å². The largest absolute Gasteiger partial charge is 0.481 e. The van der Waals surface area contributed by atoms with Crippen LogP contribution >= 0.6 is 0 Å². The maximum Gasteiger partial charge on any atom is 0.306 e. The van der Waals surface area contributed by atoms with Crippen LogP contribution < -0.4 is 5.32 Å². The molecule has 2 rings (SSSR count). The summed E-state index contributed by atoms with van der Waals surface area (Å²) in [6.07, 6.45) is 7.93. The molecular formula is C14H26N2O2. The van der Waals surface area contributed by atoms with E-state index in [0.29, 0.717) is 6.04 Å². The molecule has 0 radical (unpaired) electrons. The van der Waals surface area contributed by atoms with Gasteiger partial charge in [-0.25, -0.2) is 0 Å². The third-order valence-corrected chi connectivity index (χ3v) is 4.33. The van der Waals surface area contributed by atoms with Crippen LogP contribution in [0.1, 0.15) is 44.9 Å². The number of nitrogens with one attached hydrogen (secondary N) is 1. The van der Waals surface area contributed by atoms with Crippen molar-refractivity contribution in [2.75, 3.05) is 26.2 Å². The van der Waals surface area contributed by atoms with Gasteiger partial charge in [-0.15, -0.1) is 0 Å². The summed E-state index contributed by atoms with van der Waals surface area (Å²) in [5, 5.41) is 12.6. The Morgan fingerprint density at radius 1 is 1.17 bits per heavy atom. The Bertz CT molecular complexity index is 265. The lowest BCUT2D eigenvalue weighted by atomic mass is 9.86. The molecule has 2 atom stereocenters. The van der Waals surface area contributed by atoms with Gasteiger partial charge in [0.25, 0.3) is 0 Å². The molecule has 0 aromatic rings. The summed E-state index contributed by atoms with van der Waals surface area (Å²) >= 11 is 0. The van der Waals surface area contributed by atoms with E-state index in [9.17, 15) is 4.79 Å². The molecule has 2 unspecified atom stereocenters. The maximum atomic E-state index is 11.0. The van der Waals surface area contributed by atoms with Crippen molar-refractivity contribution in [3.63, 3.8) is 0 Å². The Hall–Kier alpha value is -0.610. The van der Waals surface area contributed by atoms with Crippen molar-refractivity contribution in [1.82, 2.24) is 10.2 Å². The van der Waals surface area contributed by atoms with Gasteiger partial charge in [0.15, 0.2) is 0 Å². The van der Waals surface area contributed by atoms with E-state index < -0.39 is 5.97 Å². The first kappa shape index (κ1) is 13.8. The van der Waals surface area contributed by atoms with Crippen LogP contribution in [0.3, 0.4) is 0 Å². The minimum atomic E-state index is -0.613. The van der Waals surface area contributed by atoms with Crippen LogP contribution in [0.25, 0.3) is 0 Å². The zero-order valence-corrected chi connectivity index (χ0v) is 11.2. The molecule has 1 aliphatic heterocycles. The molecule has 0 aromatic carbocycles. The first-order valence-corrected chi connectivity index (χ1v) is 7.44. The van der Waals surface area contributed by atoms with Crippen molar-refractivity contribution in [2.24, 2.45) is 5.92 Å². The van der Waals surface area contributed by atoms with Crippen molar-refractivity contribution in [3.8, 4) is 0 Å². The van der Waals surface area contributed by atoms with Crippen LogP contribution in [0.2, 0.25) is 0 Å². The fourth-order valence-electron chi connectivity index (χ4n) is 3.21. The molecule has 1 heterocycles. The highest BCUT2D eigenvalue weighted by molar-refractivity contribution is 5.70. The van der Waals surface area contributed by atoms with E-state index in [1.807, 2.05) is 0 Å². The molecule has 0 aromatic heterocycles. The van der Waals surface area contributed by atoms with Gasteiger partial charge >= 0.3 is 5.97 Å². The second-order valence-corrected chi connectivity index (χ2v) is 5.76. The van der Waals surface area contributed by atoms with E-state index in [2.05, 4.69) is 10.2 Å². The highest BCUT2D eigenvalue weighted by Gasteiger charge is 2.26. The number of rotatable bonds is 5. The SMILES string of the molecule is O=C(O)C1CCCC(NCCN2CCCCC2)C1. The van der Waals surface area contributed by atoms with Crippen molar-refractivity contribution in [3.05, 3.63) is 0 Å². The van der Waals surface area contributed by atoms with Crippen molar-refractivity contribution >= 4 is 5.97 Å². The molecule has 2 fully saturated rings. The van der Waals surface area contributed by atoms with Gasteiger partial charge in [-0.05, 0) is 45.2 Å². The average molecular weight is 254 g/mol. The van der Waals surface area contributed by atoms with E-state index in [1.54, 1.807) is 0 Å². The molecule has 1 aliphatic carbocycles. The van der Waals surface area contributed by atoms with Crippen molar-refractivity contribution < 1.29 is 9.90 Å². The monoisotopic (exact) mass is 254 g/mol. The summed E-state index contributed by atoms with van der Waals surface area (Å²) in [6.45, 7) is 4.61. The summed E-state index contributed by atoms with van der Waals surface area (Å²) in [5.74, 6) is -0.733. The predicted octanol–water partition coefficient (Wildman–Crippen LogP) is 1.71. The summed E-state index contributed by atoms with van der Waals surface area (Å²) in [6, 6.07) is 0.421. The van der Waals surface area contributed by atoms with Crippen LogP contribution in [-0.4, -0.2) is 48.2 Å². The van der Waals surface area contributed by atoms with Crippen molar-refractivity contribution in [2.45, 2.75) is 51.0 Å². The summed E-state index contributed by atoms with van der Waals surface area (Å²) in [5.41, 5.74) is 0. The van der Waals surface area contributed by atoms with Crippen LogP contribution in [0.15, 0.2) is 0 Å². The van der Waals surface area contributed by atoms with Gasteiger partial charge in [0.2, 0.25) is 0 Å². The Morgan fingerprint density at radius 3 is 2.67 bits per heavy atom. The minimum Gasteiger partial charge on any atom is -0.481 e. The highest BCUT2D eigenvalue weighted by atomic mass is 16.4. The van der Waals surface area contributed by atoms with Crippen molar-refractivity contribution in [1.29, 1.82) is 0 Å². The number of carbonyl (C=O) groups is 1. The molecule has 0 spiro atoms. The lowest BCUT2D eigenvalue weighted by Gasteiger charge is -2.30. The number of piperidine rings is 1. The van der Waals surface area contributed by atoms with Crippen LogP contribution in [-0.2, 0) is 4.79 Å². The first-order chi connectivity index (χ1) is 8.75. The van der Waals surface area contributed by atoms with Gasteiger partial charge < -0.3 is 15.3 Å². The van der Waals surface area contributed by atoms with Gasteiger partial charge in [0.1, 0.15) is 0 Å². The second kappa shape index (κ2) is 7.10. The molecule has 104 valence electrons. The van der Waals surface area contributed by atoms with Gasteiger partial charge in [-0.2, -0.15) is 0 Å². The van der Waals surface area contributed by atoms with Gasteiger partial charge in [0, 0.05) is 19.1 Å². The normalized spacial score (nSPS) is 30.2. The Morgan fingerprint density at radius 2 is 1.94 bits per heavy atom. The summed E-state index contributed by atoms with van der Waals surface area (Å²) in [4.78, 5) is 13.5. The zero-order valence-electron chi connectivity index (χ0n) is 11.2. The molecular weight excluding hydrogens is 228 g/mol. The number of hydrogen-bond acceptors (Lipinski definition) is 3. The zero-order chi connectivity index (χ0) is 12.8. The fourth-order valence-corrected chi connectivity index (χ4v) is 3.21. The molecule has 4 heteroatoms. The Kier molecular flexibility index (Phi) is 5.45. The third-order valence-electron chi connectivity index (χ3n) is 4.33. The quantitative estimate of drug-likeness (QED) is 0.784. The molecule has 2 aliphatic rings. The number of carboxylic acids is 1. The van der Waals surface area contributed by atoms with Gasteiger partial charge in [0.05, 0.1) is 5.92 Å². The number of aliphatic carboxylic acids is 1. The lowest BCUT2D eigenvalue weighted by Crippen LogP contribution is -2.41. The molecule has 1 saturated heterocycles. The molecule has 0 amide bonds.